The van der Waals surface area contributed by atoms with Crippen molar-refractivity contribution in [1.29, 1.82) is 0 Å². The minimum absolute atomic E-state index is 0.0582. The lowest BCUT2D eigenvalue weighted by Crippen LogP contribution is -2.26. The van der Waals surface area contributed by atoms with Crippen LogP contribution in [0.15, 0.2) is 23.1 Å². The van der Waals surface area contributed by atoms with E-state index in [1.165, 1.54) is 22.9 Å². The number of hydrogen-bond donors (Lipinski definition) is 0. The molecule has 30 heavy (non-hydrogen) atoms. The van der Waals surface area contributed by atoms with Crippen molar-refractivity contribution < 1.29 is 9.66 Å². The Morgan fingerprint density at radius 1 is 1.30 bits per heavy atom. The normalized spacial score (nSPS) is 16.7. The SMILES string of the molecule is Cc1nc(N(C)C)c2nc(Cn3cccc([N+](=O)[O-])c3=O)n(C3CCCCO3)c2n1. The Labute approximate surface area is 172 Å². The van der Waals surface area contributed by atoms with E-state index < -0.39 is 16.2 Å². The van der Waals surface area contributed by atoms with E-state index in [2.05, 4.69) is 9.97 Å². The number of hydrogen-bond acceptors (Lipinski definition) is 8. The summed E-state index contributed by atoms with van der Waals surface area (Å²) in [5.41, 5.74) is 0.0827. The van der Waals surface area contributed by atoms with Crippen LogP contribution in [0.3, 0.4) is 0 Å². The predicted molar refractivity (Wildman–Crippen MR) is 110 cm³/mol. The number of rotatable bonds is 5. The lowest BCUT2D eigenvalue weighted by Gasteiger charge is -2.25. The Hall–Kier alpha value is -3.34. The highest BCUT2D eigenvalue weighted by Gasteiger charge is 2.26. The summed E-state index contributed by atoms with van der Waals surface area (Å²) in [5.74, 6) is 1.81. The molecule has 3 aromatic rings. The van der Waals surface area contributed by atoms with Gasteiger partial charge in [0.15, 0.2) is 17.0 Å². The maximum atomic E-state index is 12.6. The fourth-order valence-electron chi connectivity index (χ4n) is 3.70. The van der Waals surface area contributed by atoms with Gasteiger partial charge in [-0.05, 0) is 32.3 Å². The molecule has 11 nitrogen and oxygen atoms in total. The molecule has 158 valence electrons. The van der Waals surface area contributed by atoms with Crippen molar-refractivity contribution in [2.75, 3.05) is 25.6 Å². The first-order chi connectivity index (χ1) is 14.4. The number of aryl methyl sites for hydroxylation is 1. The van der Waals surface area contributed by atoms with E-state index in [0.717, 1.165) is 19.3 Å². The third kappa shape index (κ3) is 3.52. The molecule has 11 heteroatoms. The number of nitrogens with zero attached hydrogens (tertiary/aromatic N) is 7. The molecule has 0 saturated carbocycles. The summed E-state index contributed by atoms with van der Waals surface area (Å²) >= 11 is 0. The Morgan fingerprint density at radius 2 is 2.10 bits per heavy atom. The van der Waals surface area contributed by atoms with E-state index >= 15 is 0 Å². The van der Waals surface area contributed by atoms with Crippen LogP contribution in [-0.4, -0.2) is 49.7 Å². The van der Waals surface area contributed by atoms with Gasteiger partial charge < -0.3 is 14.2 Å². The lowest BCUT2D eigenvalue weighted by atomic mass is 10.2. The Morgan fingerprint density at radius 3 is 2.77 bits per heavy atom. The Bertz CT molecular complexity index is 1160. The molecule has 0 spiro atoms. The Kier molecular flexibility index (Phi) is 5.20. The summed E-state index contributed by atoms with van der Waals surface area (Å²) in [6.45, 7) is 2.50. The molecule has 1 unspecified atom stereocenters. The fourth-order valence-corrected chi connectivity index (χ4v) is 3.70. The number of nitro groups is 1. The van der Waals surface area contributed by atoms with Crippen molar-refractivity contribution in [1.82, 2.24) is 24.1 Å². The maximum Gasteiger partial charge on any atom is 0.334 e. The van der Waals surface area contributed by atoms with Gasteiger partial charge >= 0.3 is 11.2 Å². The second-order valence-electron chi connectivity index (χ2n) is 7.46. The number of aromatic nitrogens is 5. The number of pyridine rings is 1. The molecule has 0 radical (unpaired) electrons. The molecule has 3 aromatic heterocycles. The largest absolute Gasteiger partial charge is 0.361 e. The second-order valence-corrected chi connectivity index (χ2v) is 7.46. The van der Waals surface area contributed by atoms with Gasteiger partial charge in [0, 0.05) is 33.0 Å². The van der Waals surface area contributed by atoms with E-state index in [1.54, 1.807) is 0 Å². The van der Waals surface area contributed by atoms with Crippen LogP contribution in [0.2, 0.25) is 0 Å². The van der Waals surface area contributed by atoms with Crippen LogP contribution in [0.5, 0.6) is 0 Å². The zero-order chi connectivity index (χ0) is 21.4. The number of fused-ring (bicyclic) bond motifs is 1. The summed E-state index contributed by atoms with van der Waals surface area (Å²) in [4.78, 5) is 38.8. The average Bonchev–Trinajstić information content (AvgIpc) is 3.06. The van der Waals surface area contributed by atoms with Gasteiger partial charge in [-0.2, -0.15) is 0 Å². The van der Waals surface area contributed by atoms with Crippen LogP contribution in [0.4, 0.5) is 11.5 Å². The number of imidazole rings is 1. The molecule has 0 bridgehead atoms. The van der Waals surface area contributed by atoms with E-state index in [1.807, 2.05) is 30.5 Å². The monoisotopic (exact) mass is 413 g/mol. The van der Waals surface area contributed by atoms with Crippen LogP contribution in [0, 0.1) is 17.0 Å². The minimum Gasteiger partial charge on any atom is -0.361 e. The molecule has 0 aromatic carbocycles. The Balaban J connectivity index is 1.91. The fraction of sp³-hybridized carbons (Fsp3) is 0.474. The van der Waals surface area contributed by atoms with Crippen molar-refractivity contribution in [3.63, 3.8) is 0 Å². The third-order valence-corrected chi connectivity index (χ3v) is 5.08. The molecule has 1 fully saturated rings. The maximum absolute atomic E-state index is 12.6. The first kappa shape index (κ1) is 20.0. The zero-order valence-corrected chi connectivity index (χ0v) is 17.1. The van der Waals surface area contributed by atoms with E-state index in [0.29, 0.717) is 35.2 Å². The van der Waals surface area contributed by atoms with Crippen molar-refractivity contribution in [3.8, 4) is 0 Å². The molecule has 1 aliphatic heterocycles. The van der Waals surface area contributed by atoms with Gasteiger partial charge in [-0.25, -0.2) is 15.0 Å². The van der Waals surface area contributed by atoms with Gasteiger partial charge in [0.25, 0.3) is 0 Å². The van der Waals surface area contributed by atoms with Crippen molar-refractivity contribution in [3.05, 3.63) is 50.4 Å². The minimum atomic E-state index is -0.680. The molecule has 0 amide bonds. The smallest absolute Gasteiger partial charge is 0.334 e. The van der Waals surface area contributed by atoms with Crippen molar-refractivity contribution in [2.45, 2.75) is 39.0 Å². The molecule has 4 rings (SSSR count). The molecule has 1 atom stereocenters. The summed E-state index contributed by atoms with van der Waals surface area (Å²) in [5, 5.41) is 11.2. The quantitative estimate of drug-likeness (QED) is 0.460. The van der Waals surface area contributed by atoms with Crippen LogP contribution in [0.25, 0.3) is 11.2 Å². The van der Waals surface area contributed by atoms with Crippen LogP contribution >= 0.6 is 0 Å². The molecular formula is C19H23N7O4. The van der Waals surface area contributed by atoms with E-state index in [4.69, 9.17) is 9.72 Å². The topological polar surface area (TPSA) is 121 Å². The highest BCUT2D eigenvalue weighted by atomic mass is 16.6. The second kappa shape index (κ2) is 7.82. The molecule has 0 aliphatic carbocycles. The number of anilines is 1. The summed E-state index contributed by atoms with van der Waals surface area (Å²) in [6, 6.07) is 2.68. The average molecular weight is 413 g/mol. The molecular weight excluding hydrogens is 390 g/mol. The van der Waals surface area contributed by atoms with Crippen LogP contribution in [-0.2, 0) is 11.3 Å². The molecule has 0 N–H and O–H groups in total. The third-order valence-electron chi connectivity index (χ3n) is 5.08. The summed E-state index contributed by atoms with van der Waals surface area (Å²) in [6.07, 6.45) is 4.04. The van der Waals surface area contributed by atoms with Gasteiger partial charge in [0.2, 0.25) is 0 Å². The molecule has 4 heterocycles. The lowest BCUT2D eigenvalue weighted by molar-refractivity contribution is -0.386. The van der Waals surface area contributed by atoms with Crippen LogP contribution < -0.4 is 10.5 Å². The van der Waals surface area contributed by atoms with E-state index in [9.17, 15) is 14.9 Å². The van der Waals surface area contributed by atoms with Gasteiger partial charge in [0.05, 0.1) is 11.5 Å². The van der Waals surface area contributed by atoms with Crippen LogP contribution in [0.1, 0.15) is 37.1 Å². The zero-order valence-electron chi connectivity index (χ0n) is 17.1. The first-order valence-corrected chi connectivity index (χ1v) is 9.75. The summed E-state index contributed by atoms with van der Waals surface area (Å²) in [7, 11) is 3.75. The molecule has 1 aliphatic rings. The van der Waals surface area contributed by atoms with E-state index in [-0.39, 0.29) is 12.8 Å². The number of ether oxygens (including phenoxy) is 1. The highest BCUT2D eigenvalue weighted by molar-refractivity contribution is 5.84. The predicted octanol–water partition coefficient (Wildman–Crippen LogP) is 2.02. The summed E-state index contributed by atoms with van der Waals surface area (Å²) < 4.78 is 9.18. The van der Waals surface area contributed by atoms with Crippen molar-refractivity contribution in [2.24, 2.45) is 0 Å². The molecule has 1 saturated heterocycles. The van der Waals surface area contributed by atoms with Gasteiger partial charge in [-0.1, -0.05) is 0 Å². The van der Waals surface area contributed by atoms with Gasteiger partial charge in [-0.15, -0.1) is 0 Å². The van der Waals surface area contributed by atoms with Crippen molar-refractivity contribution >= 4 is 22.7 Å². The first-order valence-electron chi connectivity index (χ1n) is 9.75. The standard InChI is InChI=1S/C19H23N7O4/c1-12-20-17(23(2)3)16-18(21-12)25(15-8-4-5-10-30-15)14(22-16)11-24-9-6-7-13(19(24)27)26(28)29/h6-7,9,15H,4-5,8,10-11H2,1-3H3. The van der Waals surface area contributed by atoms with Gasteiger partial charge in [-0.3, -0.25) is 19.5 Å². The van der Waals surface area contributed by atoms with Gasteiger partial charge in [0.1, 0.15) is 17.9 Å². The highest BCUT2D eigenvalue weighted by Crippen LogP contribution is 2.31.